The molecular weight excluding hydrogens is 439 g/mol. The fourth-order valence-corrected chi connectivity index (χ4v) is 10.9. The SMILES string of the molecule is CCC(=O)[O-].c1ccc([CH2][Sn+]([CH2]c2ccccc2)[CH2]c2ccccc2)cc1. The Morgan fingerprint density at radius 2 is 0.926 bits per heavy atom. The van der Waals surface area contributed by atoms with E-state index in [4.69, 9.17) is 0 Å². The number of carboxylic acid groups (broad SMARTS) is 1. The second-order valence-electron chi connectivity index (χ2n) is 6.46. The Morgan fingerprint density at radius 3 is 1.15 bits per heavy atom. The maximum atomic E-state index is 9.26. The van der Waals surface area contributed by atoms with Gasteiger partial charge >= 0.3 is 141 Å². The van der Waals surface area contributed by atoms with Crippen LogP contribution in [0.1, 0.15) is 30.0 Å². The van der Waals surface area contributed by atoms with Gasteiger partial charge in [-0.2, -0.15) is 0 Å². The summed E-state index contributed by atoms with van der Waals surface area (Å²) in [7, 11) is 0. The van der Waals surface area contributed by atoms with Gasteiger partial charge in [0.15, 0.2) is 0 Å². The summed E-state index contributed by atoms with van der Waals surface area (Å²) in [6.45, 7) is 1.54. The molecule has 0 fully saturated rings. The quantitative estimate of drug-likeness (QED) is 0.496. The Hall–Kier alpha value is -2.07. The van der Waals surface area contributed by atoms with Crippen molar-refractivity contribution in [1.82, 2.24) is 0 Å². The first-order valence-electron chi connectivity index (χ1n) is 9.32. The van der Waals surface area contributed by atoms with Gasteiger partial charge in [-0.25, -0.2) is 0 Å². The molecule has 0 spiro atoms. The van der Waals surface area contributed by atoms with Crippen LogP contribution in [0.5, 0.6) is 0 Å². The van der Waals surface area contributed by atoms with Crippen molar-refractivity contribution in [3.05, 3.63) is 108 Å². The first-order chi connectivity index (χ1) is 13.2. The maximum absolute atomic E-state index is 9.26. The van der Waals surface area contributed by atoms with E-state index in [0.29, 0.717) is 0 Å². The van der Waals surface area contributed by atoms with E-state index in [1.54, 1.807) is 0 Å². The fourth-order valence-electron chi connectivity index (χ4n) is 2.84. The van der Waals surface area contributed by atoms with Crippen LogP contribution in [0.2, 0.25) is 0 Å². The molecule has 0 bridgehead atoms. The number of benzene rings is 3. The molecule has 0 amide bonds. The Morgan fingerprint density at radius 1 is 0.667 bits per heavy atom. The van der Waals surface area contributed by atoms with E-state index in [1.807, 2.05) is 0 Å². The topological polar surface area (TPSA) is 40.1 Å². The normalized spacial score (nSPS) is 9.81. The van der Waals surface area contributed by atoms with E-state index in [2.05, 4.69) is 91.0 Å². The monoisotopic (exact) mass is 466 g/mol. The van der Waals surface area contributed by atoms with Crippen LogP contribution in [0.15, 0.2) is 91.0 Å². The second-order valence-corrected chi connectivity index (χ2v) is 13.8. The molecule has 0 aliphatic carbocycles. The molecule has 27 heavy (non-hydrogen) atoms. The number of carbonyl (C=O) groups is 1. The van der Waals surface area contributed by atoms with Gasteiger partial charge in [0.25, 0.3) is 0 Å². The van der Waals surface area contributed by atoms with E-state index in [9.17, 15) is 9.90 Å². The van der Waals surface area contributed by atoms with Gasteiger partial charge in [0, 0.05) is 5.97 Å². The first-order valence-corrected chi connectivity index (χ1v) is 15.4. The van der Waals surface area contributed by atoms with E-state index >= 15 is 0 Å². The van der Waals surface area contributed by atoms with Gasteiger partial charge < -0.3 is 9.90 Å². The summed E-state index contributed by atoms with van der Waals surface area (Å²) in [4.78, 5) is 9.26. The first kappa shape index (κ1) is 21.2. The minimum absolute atomic E-state index is 0.111. The Labute approximate surface area is 169 Å². The molecule has 3 heteroatoms. The fraction of sp³-hybridized carbons (Fsp3) is 0.208. The van der Waals surface area contributed by atoms with Gasteiger partial charge in [-0.1, -0.05) is 6.92 Å². The van der Waals surface area contributed by atoms with Crippen LogP contribution < -0.4 is 5.11 Å². The van der Waals surface area contributed by atoms with Gasteiger partial charge in [-0.05, 0) is 6.42 Å². The molecule has 0 radical (unpaired) electrons. The van der Waals surface area contributed by atoms with Crippen LogP contribution in [0.25, 0.3) is 0 Å². The number of rotatable bonds is 7. The van der Waals surface area contributed by atoms with Gasteiger partial charge in [-0.15, -0.1) is 0 Å². The van der Waals surface area contributed by atoms with Crippen molar-refractivity contribution in [2.45, 2.75) is 26.7 Å². The van der Waals surface area contributed by atoms with Gasteiger partial charge in [0.1, 0.15) is 0 Å². The van der Waals surface area contributed by atoms with Gasteiger partial charge in [-0.3, -0.25) is 0 Å². The molecule has 138 valence electrons. The Balaban J connectivity index is 0.000000465. The molecule has 0 saturated carbocycles. The molecule has 3 aromatic carbocycles. The van der Waals surface area contributed by atoms with Crippen molar-refractivity contribution in [2.75, 3.05) is 0 Å². The van der Waals surface area contributed by atoms with Crippen LogP contribution in [0.3, 0.4) is 0 Å². The van der Waals surface area contributed by atoms with Crippen molar-refractivity contribution in [2.24, 2.45) is 0 Å². The molecular formula is C24H26O2Sn. The third-order valence-corrected chi connectivity index (χ3v) is 12.0. The summed E-state index contributed by atoms with van der Waals surface area (Å²) in [5.74, 6) is -0.995. The number of carbonyl (C=O) groups excluding carboxylic acids is 1. The summed E-state index contributed by atoms with van der Waals surface area (Å²) >= 11 is -1.56. The van der Waals surface area contributed by atoms with Gasteiger partial charge in [0.2, 0.25) is 0 Å². The second kappa shape index (κ2) is 12.3. The molecule has 0 aliphatic heterocycles. The summed E-state index contributed by atoms with van der Waals surface area (Å²) in [6, 6.07) is 33.1. The summed E-state index contributed by atoms with van der Waals surface area (Å²) < 4.78 is 3.98. The summed E-state index contributed by atoms with van der Waals surface area (Å²) in [5.41, 5.74) is 4.55. The average Bonchev–Trinajstić information content (AvgIpc) is 2.71. The van der Waals surface area contributed by atoms with Crippen molar-refractivity contribution in [3.63, 3.8) is 0 Å². The number of hydrogen-bond donors (Lipinski definition) is 0. The van der Waals surface area contributed by atoms with Crippen molar-refractivity contribution >= 4 is 25.7 Å². The average molecular weight is 465 g/mol. The molecule has 0 aromatic heterocycles. The van der Waals surface area contributed by atoms with E-state index in [-0.39, 0.29) is 6.42 Å². The molecule has 2 nitrogen and oxygen atoms in total. The van der Waals surface area contributed by atoms with Crippen molar-refractivity contribution < 1.29 is 9.90 Å². The Bertz CT molecular complexity index is 675. The van der Waals surface area contributed by atoms with E-state index in [0.717, 1.165) is 0 Å². The van der Waals surface area contributed by atoms with Crippen molar-refractivity contribution in [3.8, 4) is 0 Å². The van der Waals surface area contributed by atoms with E-state index in [1.165, 1.54) is 36.9 Å². The third-order valence-electron chi connectivity index (χ3n) is 4.18. The standard InChI is InChI=1S/3C7H7.C3H6O2.Sn/c3*1-7-5-3-2-4-6-7;1-2-3(4)5;/h3*2-6H,1H2;2H2,1H3,(H,4,5);/q;;;;+1/p-1. The van der Waals surface area contributed by atoms with Crippen LogP contribution >= 0.6 is 0 Å². The molecule has 3 rings (SSSR count). The zero-order valence-electron chi connectivity index (χ0n) is 15.8. The Kier molecular flexibility index (Phi) is 9.70. The van der Waals surface area contributed by atoms with Crippen LogP contribution in [0, 0.1) is 0 Å². The van der Waals surface area contributed by atoms with Crippen LogP contribution in [-0.2, 0) is 18.1 Å². The third kappa shape index (κ3) is 8.91. The zero-order chi connectivity index (χ0) is 19.3. The van der Waals surface area contributed by atoms with Gasteiger partial charge in [0.05, 0.1) is 0 Å². The molecule has 0 aliphatic rings. The molecule has 0 unspecified atom stereocenters. The van der Waals surface area contributed by atoms with E-state index < -0.39 is 25.7 Å². The number of carboxylic acids is 1. The van der Waals surface area contributed by atoms with Crippen molar-refractivity contribution in [1.29, 1.82) is 0 Å². The predicted molar refractivity (Wildman–Crippen MR) is 111 cm³/mol. The molecule has 0 N–H and O–H groups in total. The summed E-state index contributed by atoms with van der Waals surface area (Å²) in [6.07, 6.45) is 0.111. The number of aliphatic carboxylic acids is 1. The molecule has 0 saturated heterocycles. The zero-order valence-corrected chi connectivity index (χ0v) is 18.7. The molecule has 3 aromatic rings. The molecule has 0 heterocycles. The molecule has 0 atom stereocenters. The van der Waals surface area contributed by atoms with Crippen LogP contribution in [0.4, 0.5) is 0 Å². The minimum atomic E-state index is -1.56. The predicted octanol–water partition coefficient (Wildman–Crippen LogP) is 3.97. The number of hydrogen-bond acceptors (Lipinski definition) is 2. The van der Waals surface area contributed by atoms with Crippen LogP contribution in [-0.4, -0.2) is 25.7 Å². The summed E-state index contributed by atoms with van der Waals surface area (Å²) in [5, 5.41) is 9.26.